The van der Waals surface area contributed by atoms with Gasteiger partial charge in [0, 0.05) is 22.3 Å². The van der Waals surface area contributed by atoms with Crippen molar-refractivity contribution in [2.45, 2.75) is 32.8 Å². The molecule has 0 aliphatic carbocycles. The number of thiophene rings is 1. The molecule has 3 N–H and O–H groups in total. The number of hydrogen-bond acceptors (Lipinski definition) is 5. The van der Waals surface area contributed by atoms with Crippen molar-refractivity contribution in [3.05, 3.63) is 51.1 Å². The normalized spacial score (nSPS) is 12.6. The summed E-state index contributed by atoms with van der Waals surface area (Å²) in [4.78, 5) is 16.7. The Labute approximate surface area is 142 Å². The molecule has 0 amide bonds. The number of rotatable bonds is 5. The first-order valence-electron chi connectivity index (χ1n) is 7.55. The van der Waals surface area contributed by atoms with Gasteiger partial charge in [-0.15, -0.1) is 11.3 Å². The Bertz CT molecular complexity index is 899. The van der Waals surface area contributed by atoms with Crippen molar-refractivity contribution >= 4 is 23.0 Å². The molecule has 0 saturated heterocycles. The number of aliphatic hydroxyl groups excluding tert-OH is 1. The molecule has 0 spiro atoms. The van der Waals surface area contributed by atoms with E-state index in [4.69, 9.17) is 0 Å². The summed E-state index contributed by atoms with van der Waals surface area (Å²) in [5.74, 6) is -1.25. The zero-order valence-electron chi connectivity index (χ0n) is 13.4. The van der Waals surface area contributed by atoms with Gasteiger partial charge < -0.3 is 19.7 Å². The molecule has 1 unspecified atom stereocenters. The van der Waals surface area contributed by atoms with Gasteiger partial charge in [-0.05, 0) is 38.1 Å². The third-order valence-corrected chi connectivity index (χ3v) is 5.21. The number of carboxylic acids is 1. The zero-order valence-corrected chi connectivity index (χ0v) is 14.2. The minimum absolute atomic E-state index is 0.0267. The first kappa shape index (κ1) is 16.5. The molecule has 6 nitrogen and oxygen atoms in total. The summed E-state index contributed by atoms with van der Waals surface area (Å²) in [7, 11) is 0. The third-order valence-electron chi connectivity index (χ3n) is 4.24. The fourth-order valence-electron chi connectivity index (χ4n) is 2.76. The van der Waals surface area contributed by atoms with Crippen molar-refractivity contribution < 1.29 is 20.1 Å². The number of aromatic hydroxyl groups is 1. The highest BCUT2D eigenvalue weighted by Gasteiger charge is 2.22. The van der Waals surface area contributed by atoms with E-state index in [1.807, 2.05) is 31.4 Å². The Morgan fingerprint density at radius 2 is 2.17 bits per heavy atom. The second-order valence-electron chi connectivity index (χ2n) is 5.72. The molecule has 3 aromatic rings. The van der Waals surface area contributed by atoms with Crippen molar-refractivity contribution in [3.8, 4) is 5.75 Å². The van der Waals surface area contributed by atoms with Gasteiger partial charge in [-0.1, -0.05) is 6.07 Å². The summed E-state index contributed by atoms with van der Waals surface area (Å²) in [5, 5.41) is 32.1. The molecule has 0 radical (unpaired) electrons. The predicted molar refractivity (Wildman–Crippen MR) is 90.9 cm³/mol. The van der Waals surface area contributed by atoms with Gasteiger partial charge in [0.05, 0.1) is 17.4 Å². The topological polar surface area (TPSA) is 95.1 Å². The van der Waals surface area contributed by atoms with Crippen LogP contribution in [0.4, 0.5) is 0 Å². The fourth-order valence-corrected chi connectivity index (χ4v) is 3.51. The molecule has 3 rings (SSSR count). The van der Waals surface area contributed by atoms with E-state index < -0.39 is 12.1 Å². The smallest absolute Gasteiger partial charge is 0.337 e. The maximum Gasteiger partial charge on any atom is 0.337 e. The Morgan fingerprint density at radius 1 is 1.42 bits per heavy atom. The van der Waals surface area contributed by atoms with Crippen molar-refractivity contribution in [3.63, 3.8) is 0 Å². The van der Waals surface area contributed by atoms with Gasteiger partial charge in [0.15, 0.2) is 11.4 Å². The summed E-state index contributed by atoms with van der Waals surface area (Å²) < 4.78 is 1.59. The number of fused-ring (bicyclic) bond motifs is 1. The highest BCUT2D eigenvalue weighted by molar-refractivity contribution is 7.10. The van der Waals surface area contributed by atoms with Crippen molar-refractivity contribution in [1.29, 1.82) is 0 Å². The lowest BCUT2D eigenvalue weighted by atomic mass is 10.0. The van der Waals surface area contributed by atoms with Crippen LogP contribution in [-0.2, 0) is 6.42 Å². The molecule has 1 atom stereocenters. The average molecular weight is 346 g/mol. The molecule has 126 valence electrons. The Morgan fingerprint density at radius 3 is 2.79 bits per heavy atom. The monoisotopic (exact) mass is 346 g/mol. The molecule has 0 saturated carbocycles. The lowest BCUT2D eigenvalue weighted by molar-refractivity contribution is 0.0694. The number of imidazole rings is 1. The van der Waals surface area contributed by atoms with Crippen LogP contribution in [0.3, 0.4) is 0 Å². The highest BCUT2D eigenvalue weighted by atomic mass is 32.1. The maximum absolute atomic E-state index is 11.6. The molecular formula is C17H18N2O4S. The van der Waals surface area contributed by atoms with Gasteiger partial charge in [-0.25, -0.2) is 9.78 Å². The summed E-state index contributed by atoms with van der Waals surface area (Å²) >= 11 is 1.44. The molecule has 7 heteroatoms. The van der Waals surface area contributed by atoms with E-state index in [1.165, 1.54) is 17.5 Å². The van der Waals surface area contributed by atoms with Crippen LogP contribution in [0.15, 0.2) is 23.7 Å². The van der Waals surface area contributed by atoms with E-state index in [-0.39, 0.29) is 17.7 Å². The van der Waals surface area contributed by atoms with Crippen LogP contribution < -0.4 is 0 Å². The summed E-state index contributed by atoms with van der Waals surface area (Å²) in [5.41, 5.74) is 2.19. The Hall–Kier alpha value is -2.38. The van der Waals surface area contributed by atoms with Gasteiger partial charge >= 0.3 is 5.97 Å². The lowest BCUT2D eigenvalue weighted by Gasteiger charge is -2.13. The van der Waals surface area contributed by atoms with Gasteiger partial charge in [0.1, 0.15) is 0 Å². The van der Waals surface area contributed by atoms with Gasteiger partial charge in [0.2, 0.25) is 0 Å². The van der Waals surface area contributed by atoms with Crippen LogP contribution in [0.2, 0.25) is 0 Å². The number of hydrogen-bond donors (Lipinski definition) is 3. The molecule has 0 fully saturated rings. The number of carbonyl (C=O) groups is 1. The highest BCUT2D eigenvalue weighted by Crippen LogP contribution is 2.32. The number of carboxylic acid groups (broad SMARTS) is 1. The number of aromatic nitrogens is 2. The predicted octanol–water partition coefficient (Wildman–Crippen LogP) is 3.08. The van der Waals surface area contributed by atoms with Crippen LogP contribution in [0.25, 0.3) is 5.65 Å². The van der Waals surface area contributed by atoms with Gasteiger partial charge in [-0.3, -0.25) is 0 Å². The standard InChI is InChI=1S/C17H18N2O4S/c1-9-10(2)19-8-12(17(22)23)11(15(21)16(19)18-9)5-6-13(20)14-4-3-7-24-14/h3-4,7-8,13,20-21H,5-6H2,1-2H3,(H,22,23). The Kier molecular flexibility index (Phi) is 4.29. The molecule has 0 aliphatic heterocycles. The number of aliphatic hydroxyl groups is 1. The fraction of sp³-hybridized carbons (Fsp3) is 0.294. The molecular weight excluding hydrogens is 328 g/mol. The molecule has 0 bridgehead atoms. The van der Waals surface area contributed by atoms with E-state index in [2.05, 4.69) is 4.98 Å². The molecule has 3 aromatic heterocycles. The number of nitrogens with zero attached hydrogens (tertiary/aromatic N) is 2. The molecule has 24 heavy (non-hydrogen) atoms. The molecule has 3 heterocycles. The number of aryl methyl sites for hydroxylation is 2. The van der Waals surface area contributed by atoms with Crippen molar-refractivity contribution in [2.24, 2.45) is 0 Å². The van der Waals surface area contributed by atoms with Crippen molar-refractivity contribution in [1.82, 2.24) is 9.38 Å². The van der Waals surface area contributed by atoms with Crippen LogP contribution in [0, 0.1) is 13.8 Å². The second-order valence-corrected chi connectivity index (χ2v) is 6.70. The third kappa shape index (κ3) is 2.76. The first-order chi connectivity index (χ1) is 11.4. The van der Waals surface area contributed by atoms with Crippen LogP contribution in [0.5, 0.6) is 5.75 Å². The maximum atomic E-state index is 11.6. The van der Waals surface area contributed by atoms with Crippen LogP contribution in [-0.4, -0.2) is 30.7 Å². The van der Waals surface area contributed by atoms with Crippen LogP contribution >= 0.6 is 11.3 Å². The lowest BCUT2D eigenvalue weighted by Crippen LogP contribution is -2.08. The summed E-state index contributed by atoms with van der Waals surface area (Å²) in [6.07, 6.45) is 1.36. The SMILES string of the molecule is Cc1nc2c(O)c(CCC(O)c3cccs3)c(C(=O)O)cn2c1C. The van der Waals surface area contributed by atoms with Gasteiger partial charge in [0.25, 0.3) is 0 Å². The average Bonchev–Trinajstić information content (AvgIpc) is 3.16. The number of aromatic carboxylic acids is 1. The van der Waals surface area contributed by atoms with Crippen LogP contribution in [0.1, 0.15) is 44.7 Å². The molecule has 0 aromatic carbocycles. The minimum atomic E-state index is -1.11. The van der Waals surface area contributed by atoms with E-state index in [0.717, 1.165) is 16.3 Å². The quantitative estimate of drug-likeness (QED) is 0.660. The molecule has 0 aliphatic rings. The van der Waals surface area contributed by atoms with Gasteiger partial charge in [-0.2, -0.15) is 0 Å². The Balaban J connectivity index is 2.01. The van der Waals surface area contributed by atoms with E-state index >= 15 is 0 Å². The summed E-state index contributed by atoms with van der Waals surface area (Å²) in [6.45, 7) is 3.63. The van der Waals surface area contributed by atoms with E-state index in [0.29, 0.717) is 17.6 Å². The van der Waals surface area contributed by atoms with Crippen molar-refractivity contribution in [2.75, 3.05) is 0 Å². The zero-order chi connectivity index (χ0) is 17.4. The summed E-state index contributed by atoms with van der Waals surface area (Å²) in [6, 6.07) is 3.68. The number of pyridine rings is 1. The van der Waals surface area contributed by atoms with E-state index in [9.17, 15) is 20.1 Å². The second kappa shape index (κ2) is 6.26. The first-order valence-corrected chi connectivity index (χ1v) is 8.43. The largest absolute Gasteiger partial charge is 0.504 e. The minimum Gasteiger partial charge on any atom is -0.504 e. The van der Waals surface area contributed by atoms with E-state index in [1.54, 1.807) is 4.40 Å².